The second kappa shape index (κ2) is 6.08. The summed E-state index contributed by atoms with van der Waals surface area (Å²) < 4.78 is 5.45. The molecule has 0 saturated carbocycles. The Morgan fingerprint density at radius 3 is 2.18 bits per heavy atom. The molecule has 0 aliphatic heterocycles. The first-order valence-electron chi connectivity index (χ1n) is 4.36. The van der Waals surface area contributed by atoms with E-state index in [1.165, 1.54) is 0 Å². The molecule has 0 atom stereocenters. The Labute approximate surface area is 69.4 Å². The molecule has 0 aliphatic rings. The lowest BCUT2D eigenvalue weighted by Gasteiger charge is -2.09. The van der Waals surface area contributed by atoms with Crippen LogP contribution >= 0.6 is 0 Å². The van der Waals surface area contributed by atoms with E-state index < -0.39 is 0 Å². The molecule has 0 rings (SSSR count). The Bertz CT molecular complexity index is 130. The lowest BCUT2D eigenvalue weighted by Crippen LogP contribution is -2.04. The van der Waals surface area contributed by atoms with Crippen LogP contribution in [0.15, 0.2) is 11.5 Å². The van der Waals surface area contributed by atoms with Gasteiger partial charge in [-0.25, -0.2) is 0 Å². The second-order valence-electron chi connectivity index (χ2n) is 2.50. The lowest BCUT2D eigenvalue weighted by atomic mass is 10.2. The van der Waals surface area contributed by atoms with Gasteiger partial charge < -0.3 is 10.5 Å². The first-order chi connectivity index (χ1) is 5.26. The number of hydrogen-bond acceptors (Lipinski definition) is 2. The van der Waals surface area contributed by atoms with Crippen molar-refractivity contribution in [1.29, 1.82) is 0 Å². The molecule has 0 heterocycles. The van der Waals surface area contributed by atoms with Crippen LogP contribution in [0.25, 0.3) is 0 Å². The minimum atomic E-state index is 0.782. The third-order valence-electron chi connectivity index (χ3n) is 1.54. The van der Waals surface area contributed by atoms with Crippen LogP contribution in [-0.2, 0) is 4.74 Å². The summed E-state index contributed by atoms with van der Waals surface area (Å²) in [6.45, 7) is 6.98. The fourth-order valence-electron chi connectivity index (χ4n) is 0.844. The van der Waals surface area contributed by atoms with E-state index in [0.29, 0.717) is 0 Å². The third kappa shape index (κ3) is 3.91. The zero-order valence-corrected chi connectivity index (χ0v) is 7.81. The van der Waals surface area contributed by atoms with Gasteiger partial charge in [-0.3, -0.25) is 0 Å². The minimum Gasteiger partial charge on any atom is -0.496 e. The van der Waals surface area contributed by atoms with Gasteiger partial charge in [0, 0.05) is 12.1 Å². The molecule has 0 spiro atoms. The summed E-state index contributed by atoms with van der Waals surface area (Å²) >= 11 is 0. The van der Waals surface area contributed by atoms with Crippen LogP contribution in [0.1, 0.15) is 40.0 Å². The predicted molar refractivity (Wildman–Crippen MR) is 48.0 cm³/mol. The molecule has 0 aliphatic carbocycles. The summed E-state index contributed by atoms with van der Waals surface area (Å²) in [5, 5.41) is 0. The summed E-state index contributed by atoms with van der Waals surface area (Å²) in [6.07, 6.45) is 2.83. The Morgan fingerprint density at radius 2 is 1.82 bits per heavy atom. The van der Waals surface area contributed by atoms with Gasteiger partial charge in [0.1, 0.15) is 5.76 Å². The lowest BCUT2D eigenvalue weighted by molar-refractivity contribution is 0.200. The average Bonchev–Trinajstić information content (AvgIpc) is 2.05. The van der Waals surface area contributed by atoms with Gasteiger partial charge in [0.05, 0.1) is 6.61 Å². The summed E-state index contributed by atoms with van der Waals surface area (Å²) in [7, 11) is 0. The van der Waals surface area contributed by atoms with Crippen LogP contribution in [-0.4, -0.2) is 6.61 Å². The van der Waals surface area contributed by atoms with Gasteiger partial charge in [0.25, 0.3) is 0 Å². The van der Waals surface area contributed by atoms with E-state index in [2.05, 4.69) is 13.8 Å². The first kappa shape index (κ1) is 10.3. The number of ether oxygens (including phenoxy) is 1. The molecule has 11 heavy (non-hydrogen) atoms. The largest absolute Gasteiger partial charge is 0.496 e. The smallest absolute Gasteiger partial charge is 0.114 e. The summed E-state index contributed by atoms with van der Waals surface area (Å²) in [6, 6.07) is 0. The van der Waals surface area contributed by atoms with E-state index >= 15 is 0 Å². The summed E-state index contributed by atoms with van der Waals surface area (Å²) in [4.78, 5) is 0. The van der Waals surface area contributed by atoms with Crippen molar-refractivity contribution >= 4 is 0 Å². The highest BCUT2D eigenvalue weighted by atomic mass is 16.5. The van der Waals surface area contributed by atoms with Crippen molar-refractivity contribution in [2.24, 2.45) is 5.73 Å². The maximum absolute atomic E-state index is 5.72. The van der Waals surface area contributed by atoms with Gasteiger partial charge in [0.2, 0.25) is 0 Å². The molecule has 2 nitrogen and oxygen atoms in total. The molecule has 0 aromatic carbocycles. The normalized spacial score (nSPS) is 12.6. The van der Waals surface area contributed by atoms with Gasteiger partial charge in [-0.05, 0) is 12.8 Å². The van der Waals surface area contributed by atoms with E-state index in [0.717, 1.165) is 37.3 Å². The molecule has 0 amide bonds. The van der Waals surface area contributed by atoms with Crippen molar-refractivity contribution in [3.8, 4) is 0 Å². The van der Waals surface area contributed by atoms with Gasteiger partial charge >= 0.3 is 0 Å². The Morgan fingerprint density at radius 1 is 1.18 bits per heavy atom. The van der Waals surface area contributed by atoms with Crippen LogP contribution in [0.4, 0.5) is 0 Å². The van der Waals surface area contributed by atoms with Gasteiger partial charge in [-0.2, -0.15) is 0 Å². The van der Waals surface area contributed by atoms with Gasteiger partial charge in [0.15, 0.2) is 0 Å². The third-order valence-corrected chi connectivity index (χ3v) is 1.54. The summed E-state index contributed by atoms with van der Waals surface area (Å²) in [5.41, 5.74) is 6.61. The number of nitrogens with two attached hydrogens (primary N) is 1. The van der Waals surface area contributed by atoms with Crippen molar-refractivity contribution in [3.05, 3.63) is 11.5 Å². The number of hydrogen-bond donors (Lipinski definition) is 1. The summed E-state index contributed by atoms with van der Waals surface area (Å²) in [5.74, 6) is 0.967. The highest BCUT2D eigenvalue weighted by Gasteiger charge is 1.99. The van der Waals surface area contributed by atoms with E-state index in [9.17, 15) is 0 Å². The Balaban J connectivity index is 3.92. The van der Waals surface area contributed by atoms with Crippen molar-refractivity contribution in [3.63, 3.8) is 0 Å². The molecule has 66 valence electrons. The molecule has 2 heteroatoms. The molecule has 2 N–H and O–H groups in total. The predicted octanol–water partition coefficient (Wildman–Crippen LogP) is 2.40. The van der Waals surface area contributed by atoms with Crippen LogP contribution < -0.4 is 5.73 Å². The Kier molecular flexibility index (Phi) is 5.71. The molecule has 0 bridgehead atoms. The molecule has 0 unspecified atom stereocenters. The van der Waals surface area contributed by atoms with Gasteiger partial charge in [-0.15, -0.1) is 0 Å². The first-order valence-corrected chi connectivity index (χ1v) is 4.36. The zero-order valence-electron chi connectivity index (χ0n) is 7.81. The standard InChI is InChI=1S/C9H19NO/c1-4-7-11-9(6-3)8(10)5-2/h4-7,10H2,1-3H3/b9-8-. The molecule has 0 aromatic rings. The van der Waals surface area contributed by atoms with Crippen LogP contribution in [0.3, 0.4) is 0 Å². The second-order valence-corrected chi connectivity index (χ2v) is 2.50. The van der Waals surface area contributed by atoms with Crippen LogP contribution in [0.5, 0.6) is 0 Å². The minimum absolute atomic E-state index is 0.782. The van der Waals surface area contributed by atoms with Crippen molar-refractivity contribution < 1.29 is 4.74 Å². The van der Waals surface area contributed by atoms with Crippen molar-refractivity contribution in [1.82, 2.24) is 0 Å². The van der Waals surface area contributed by atoms with E-state index in [1.54, 1.807) is 0 Å². The highest BCUT2D eigenvalue weighted by molar-refractivity contribution is 5.02. The van der Waals surface area contributed by atoms with Crippen molar-refractivity contribution in [2.75, 3.05) is 6.61 Å². The maximum Gasteiger partial charge on any atom is 0.114 e. The molecule has 0 saturated heterocycles. The number of rotatable bonds is 5. The van der Waals surface area contributed by atoms with E-state index in [1.807, 2.05) is 6.92 Å². The quantitative estimate of drug-likeness (QED) is 0.622. The molecular weight excluding hydrogens is 138 g/mol. The molecule has 0 aromatic heterocycles. The monoisotopic (exact) mass is 157 g/mol. The topological polar surface area (TPSA) is 35.2 Å². The van der Waals surface area contributed by atoms with Crippen LogP contribution in [0, 0.1) is 0 Å². The SMILES string of the molecule is CCCO/C(CC)=C(\N)CC. The molecule has 0 fully saturated rings. The van der Waals surface area contributed by atoms with Crippen molar-refractivity contribution in [2.45, 2.75) is 40.0 Å². The maximum atomic E-state index is 5.72. The average molecular weight is 157 g/mol. The van der Waals surface area contributed by atoms with Crippen LogP contribution in [0.2, 0.25) is 0 Å². The highest BCUT2D eigenvalue weighted by Crippen LogP contribution is 2.08. The Hall–Kier alpha value is -0.660. The fraction of sp³-hybridized carbons (Fsp3) is 0.778. The van der Waals surface area contributed by atoms with E-state index in [4.69, 9.17) is 10.5 Å². The molecule has 0 radical (unpaired) electrons. The zero-order chi connectivity index (χ0) is 8.69. The number of allylic oxidation sites excluding steroid dienone is 2. The van der Waals surface area contributed by atoms with Gasteiger partial charge in [-0.1, -0.05) is 20.8 Å². The fourth-order valence-corrected chi connectivity index (χ4v) is 0.844. The van der Waals surface area contributed by atoms with E-state index in [-0.39, 0.29) is 0 Å². The molecular formula is C9H19NO.